The summed E-state index contributed by atoms with van der Waals surface area (Å²) in [6.07, 6.45) is 5.37. The summed E-state index contributed by atoms with van der Waals surface area (Å²) in [7, 11) is 1.49. The summed E-state index contributed by atoms with van der Waals surface area (Å²) in [6, 6.07) is 5.28. The Bertz CT molecular complexity index is 1230. The van der Waals surface area contributed by atoms with E-state index in [2.05, 4.69) is 20.7 Å². The van der Waals surface area contributed by atoms with Crippen molar-refractivity contribution >= 4 is 34.4 Å². The number of fused-ring (bicyclic) bond motifs is 1. The minimum atomic E-state index is -1.28. The number of ketones is 1. The molecule has 1 atom stereocenters. The first kappa shape index (κ1) is 23.2. The number of hydrogen-bond acceptors (Lipinski definition) is 7. The Kier molecular flexibility index (Phi) is 6.76. The van der Waals surface area contributed by atoms with Crippen LogP contribution < -0.4 is 15.4 Å². The Balaban J connectivity index is 1.69. The number of aliphatic carboxylic acids is 1. The molecule has 2 heterocycles. The number of benzene rings is 1. The maximum Gasteiger partial charge on any atom is 0.330 e. The molecule has 1 saturated carbocycles. The zero-order chi connectivity index (χ0) is 24.2. The number of pyridine rings is 1. The number of nitrogens with zero attached hydrogens (tertiary/aromatic N) is 3. The number of methoxy groups -OCH3 is 1. The lowest BCUT2D eigenvalue weighted by atomic mass is 9.94. The van der Waals surface area contributed by atoms with Crippen molar-refractivity contribution in [1.82, 2.24) is 20.1 Å². The minimum Gasteiger partial charge on any atom is -0.497 e. The van der Waals surface area contributed by atoms with Crippen LogP contribution in [-0.2, 0) is 16.1 Å². The van der Waals surface area contributed by atoms with Crippen molar-refractivity contribution in [2.45, 2.75) is 51.2 Å². The van der Waals surface area contributed by atoms with Crippen molar-refractivity contribution in [3.63, 3.8) is 0 Å². The number of aryl methyl sites for hydroxylation is 1. The van der Waals surface area contributed by atoms with Crippen LogP contribution in [0.5, 0.6) is 5.75 Å². The monoisotopic (exact) mass is 465 g/mol. The highest BCUT2D eigenvalue weighted by molar-refractivity contribution is 6.07. The van der Waals surface area contributed by atoms with Crippen molar-refractivity contribution in [3.8, 4) is 5.75 Å². The van der Waals surface area contributed by atoms with Crippen molar-refractivity contribution in [2.75, 3.05) is 12.4 Å². The summed E-state index contributed by atoms with van der Waals surface area (Å²) in [5.74, 6) is -1.06. The van der Waals surface area contributed by atoms with E-state index in [4.69, 9.17) is 4.74 Å². The molecular weight excluding hydrogens is 438 g/mol. The molecule has 0 spiro atoms. The average Bonchev–Trinajstić information content (AvgIpc) is 3.27. The second kappa shape index (κ2) is 9.90. The van der Waals surface area contributed by atoms with Crippen LogP contribution in [0.1, 0.15) is 54.6 Å². The number of anilines is 1. The fourth-order valence-corrected chi connectivity index (χ4v) is 4.19. The zero-order valence-electron chi connectivity index (χ0n) is 19.1. The van der Waals surface area contributed by atoms with Gasteiger partial charge in [-0.15, -0.1) is 0 Å². The SMILES string of the molecule is CCn1ncc2c(NC3CCC(=O)CC3)c(C(=O)N[C@@H](C(=O)O)c3cccc(OC)c3)cnc21. The van der Waals surface area contributed by atoms with E-state index < -0.39 is 17.9 Å². The van der Waals surface area contributed by atoms with Crippen molar-refractivity contribution in [1.29, 1.82) is 0 Å². The van der Waals surface area contributed by atoms with Gasteiger partial charge in [0.1, 0.15) is 11.5 Å². The van der Waals surface area contributed by atoms with Crippen LogP contribution >= 0.6 is 0 Å². The molecule has 1 aliphatic rings. The number of carbonyl (C=O) groups excluding carboxylic acids is 2. The highest BCUT2D eigenvalue weighted by Gasteiger charge is 2.27. The van der Waals surface area contributed by atoms with Crippen LogP contribution in [0.25, 0.3) is 11.0 Å². The van der Waals surface area contributed by atoms with Crippen LogP contribution in [0.2, 0.25) is 0 Å². The van der Waals surface area contributed by atoms with Gasteiger partial charge in [0.05, 0.1) is 29.9 Å². The maximum absolute atomic E-state index is 13.4. The Morgan fingerprint density at radius 2 is 2.03 bits per heavy atom. The molecule has 34 heavy (non-hydrogen) atoms. The highest BCUT2D eigenvalue weighted by Crippen LogP contribution is 2.30. The quantitative estimate of drug-likeness (QED) is 0.462. The molecule has 10 heteroatoms. The number of amides is 1. The third-order valence-electron chi connectivity index (χ3n) is 6.05. The summed E-state index contributed by atoms with van der Waals surface area (Å²) < 4.78 is 6.91. The maximum atomic E-state index is 13.4. The zero-order valence-corrected chi connectivity index (χ0v) is 19.1. The van der Waals surface area contributed by atoms with Gasteiger partial charge in [-0.1, -0.05) is 12.1 Å². The molecule has 3 aromatic rings. The molecule has 10 nitrogen and oxygen atoms in total. The van der Waals surface area contributed by atoms with Gasteiger partial charge in [-0.3, -0.25) is 9.59 Å². The molecule has 178 valence electrons. The number of carbonyl (C=O) groups is 3. The standard InChI is InChI=1S/C24H27N5O5/c1-3-29-22-18(13-26-29)21(27-15-7-9-16(30)10-8-15)19(12-25-22)23(31)28-20(24(32)33)14-5-4-6-17(11-14)34-2/h4-6,11-13,15,20H,3,7-10H2,1-2H3,(H,25,27)(H,28,31)(H,32,33)/t20-/m1/s1. The molecule has 1 aliphatic carbocycles. The minimum absolute atomic E-state index is 0.00785. The van der Waals surface area contributed by atoms with Gasteiger partial charge in [-0.25, -0.2) is 14.5 Å². The number of aromatic nitrogens is 3. The van der Waals surface area contributed by atoms with Crippen LogP contribution in [-0.4, -0.2) is 50.7 Å². The second-order valence-electron chi connectivity index (χ2n) is 8.22. The lowest BCUT2D eigenvalue weighted by molar-refractivity contribution is -0.139. The van der Waals surface area contributed by atoms with E-state index >= 15 is 0 Å². The Morgan fingerprint density at radius 3 is 2.71 bits per heavy atom. The first-order valence-corrected chi connectivity index (χ1v) is 11.2. The smallest absolute Gasteiger partial charge is 0.330 e. The van der Waals surface area contributed by atoms with Crippen LogP contribution in [0.3, 0.4) is 0 Å². The first-order valence-electron chi connectivity index (χ1n) is 11.2. The Hall–Kier alpha value is -3.95. The van der Waals surface area contributed by atoms with E-state index in [0.29, 0.717) is 60.3 Å². The van der Waals surface area contributed by atoms with Crippen LogP contribution in [0, 0.1) is 0 Å². The van der Waals surface area contributed by atoms with Gasteiger partial charge in [0.15, 0.2) is 11.7 Å². The van der Waals surface area contributed by atoms with E-state index in [1.165, 1.54) is 13.3 Å². The summed E-state index contributed by atoms with van der Waals surface area (Å²) >= 11 is 0. The molecule has 1 amide bonds. The molecule has 0 aliphatic heterocycles. The average molecular weight is 466 g/mol. The lowest BCUT2D eigenvalue weighted by Crippen LogP contribution is -2.35. The third-order valence-corrected chi connectivity index (χ3v) is 6.05. The van der Waals surface area contributed by atoms with Crippen LogP contribution in [0.4, 0.5) is 5.69 Å². The predicted molar refractivity (Wildman–Crippen MR) is 125 cm³/mol. The predicted octanol–water partition coefficient (Wildman–Crippen LogP) is 2.94. The van der Waals surface area contributed by atoms with Gasteiger partial charge < -0.3 is 20.5 Å². The molecule has 2 aromatic heterocycles. The molecule has 3 N–H and O–H groups in total. The number of rotatable bonds is 8. The molecule has 1 aromatic carbocycles. The van der Waals surface area contributed by atoms with Crippen molar-refractivity contribution in [2.24, 2.45) is 0 Å². The summed E-state index contributed by atoms with van der Waals surface area (Å²) in [6.45, 7) is 2.55. The molecule has 0 unspecified atom stereocenters. The van der Waals surface area contributed by atoms with Crippen molar-refractivity contribution in [3.05, 3.63) is 47.8 Å². The number of carboxylic acid groups (broad SMARTS) is 1. The van der Waals surface area contributed by atoms with Gasteiger partial charge in [-0.2, -0.15) is 5.10 Å². The fraction of sp³-hybridized carbons (Fsp3) is 0.375. The third kappa shape index (κ3) is 4.70. The summed E-state index contributed by atoms with van der Waals surface area (Å²) in [5.41, 5.74) is 1.76. The van der Waals surface area contributed by atoms with E-state index in [1.807, 2.05) is 6.92 Å². The highest BCUT2D eigenvalue weighted by atomic mass is 16.5. The fourth-order valence-electron chi connectivity index (χ4n) is 4.19. The molecule has 1 fully saturated rings. The van der Waals surface area contributed by atoms with E-state index in [9.17, 15) is 19.5 Å². The first-order chi connectivity index (χ1) is 16.4. The molecule has 0 bridgehead atoms. The van der Waals surface area contributed by atoms with E-state index in [0.717, 1.165) is 0 Å². The van der Waals surface area contributed by atoms with Gasteiger partial charge >= 0.3 is 5.97 Å². The Morgan fingerprint density at radius 1 is 1.26 bits per heavy atom. The van der Waals surface area contributed by atoms with Crippen LogP contribution in [0.15, 0.2) is 36.7 Å². The second-order valence-corrected chi connectivity index (χ2v) is 8.22. The normalized spacial score (nSPS) is 15.2. The topological polar surface area (TPSA) is 135 Å². The summed E-state index contributed by atoms with van der Waals surface area (Å²) in [4.78, 5) is 41.5. The van der Waals surface area contributed by atoms with Gasteiger partial charge in [0.25, 0.3) is 5.91 Å². The van der Waals surface area contributed by atoms with E-state index in [1.54, 1.807) is 35.1 Å². The van der Waals surface area contributed by atoms with Gasteiger partial charge in [0, 0.05) is 31.6 Å². The van der Waals surface area contributed by atoms with Gasteiger partial charge in [-0.05, 0) is 37.5 Å². The number of nitrogens with one attached hydrogen (secondary N) is 2. The molecule has 0 saturated heterocycles. The number of ether oxygens (including phenoxy) is 1. The number of carboxylic acids is 1. The molecular formula is C24H27N5O5. The lowest BCUT2D eigenvalue weighted by Gasteiger charge is -2.25. The number of hydrogen-bond donors (Lipinski definition) is 3. The van der Waals surface area contributed by atoms with E-state index in [-0.39, 0.29) is 17.4 Å². The molecule has 4 rings (SSSR count). The Labute approximate surface area is 196 Å². The molecule has 0 radical (unpaired) electrons. The summed E-state index contributed by atoms with van der Waals surface area (Å²) in [5, 5.41) is 20.9. The van der Waals surface area contributed by atoms with Gasteiger partial charge in [0.2, 0.25) is 0 Å². The largest absolute Gasteiger partial charge is 0.497 e. The van der Waals surface area contributed by atoms with Crippen molar-refractivity contribution < 1.29 is 24.2 Å². The number of Topliss-reactive ketones (excluding diaryl/α,β-unsaturated/α-hetero) is 1.